The molecular weight excluding hydrogens is 398 g/mol. The smallest absolute Gasteiger partial charge is 0.323 e. The molecule has 0 aromatic carbocycles. The molecule has 174 valence electrons. The Bertz CT molecular complexity index is 769. The number of ether oxygens (including phenoxy) is 2. The van der Waals surface area contributed by atoms with Crippen LogP contribution in [0.3, 0.4) is 0 Å². The fourth-order valence-electron chi connectivity index (χ4n) is 4.39. The minimum absolute atomic E-state index is 0.126. The van der Waals surface area contributed by atoms with E-state index in [1.54, 1.807) is 27.7 Å². The van der Waals surface area contributed by atoms with E-state index in [-0.39, 0.29) is 18.7 Å². The SMILES string of the molecule is [2H][C@@]1(C(=O)OCC[C@@H](C)OC(=O)C(C)(C)C)C[C@H]2C[C@@H](CCc3nn[nH]n3)CC[C@H]2CN1. The van der Waals surface area contributed by atoms with Gasteiger partial charge in [0.15, 0.2) is 5.82 Å². The molecule has 0 spiro atoms. The summed E-state index contributed by atoms with van der Waals surface area (Å²) in [5.41, 5.74) is -0.567. The number of hydrogen-bond acceptors (Lipinski definition) is 8. The highest BCUT2D eigenvalue weighted by molar-refractivity contribution is 5.76. The van der Waals surface area contributed by atoms with Gasteiger partial charge in [-0.1, -0.05) is 11.6 Å². The number of aryl methyl sites for hydroxylation is 1. The van der Waals surface area contributed by atoms with Crippen molar-refractivity contribution in [3.63, 3.8) is 0 Å². The van der Waals surface area contributed by atoms with Gasteiger partial charge >= 0.3 is 11.9 Å². The molecule has 1 aliphatic heterocycles. The van der Waals surface area contributed by atoms with Gasteiger partial charge in [0, 0.05) is 12.8 Å². The third-order valence-corrected chi connectivity index (χ3v) is 6.38. The normalized spacial score (nSPS) is 30.1. The molecule has 3 rings (SSSR count). The average molecular weight is 437 g/mol. The Labute approximate surface area is 185 Å². The molecule has 1 saturated heterocycles. The molecule has 0 radical (unpaired) electrons. The highest BCUT2D eigenvalue weighted by atomic mass is 16.6. The van der Waals surface area contributed by atoms with Gasteiger partial charge in [0.25, 0.3) is 0 Å². The first-order valence-electron chi connectivity index (χ1n) is 11.9. The number of H-pyrrole nitrogens is 1. The van der Waals surface area contributed by atoms with Crippen LogP contribution in [0.5, 0.6) is 0 Å². The number of aromatic amines is 1. The lowest BCUT2D eigenvalue weighted by Gasteiger charge is -2.42. The standard InChI is InChI=1S/C22H37N5O4/c1-14(31-21(29)22(2,3)4)9-10-30-20(28)18-12-17-11-15(5-7-16(17)13-23-18)6-8-19-24-26-27-25-19/h14-18,23H,5-13H2,1-4H3,(H,24,25,26,27)/t14-,15-,16+,17-,18+/m1/s1/i18D. The zero-order valence-electron chi connectivity index (χ0n) is 20.1. The molecule has 0 bridgehead atoms. The van der Waals surface area contributed by atoms with Crippen molar-refractivity contribution >= 4 is 11.9 Å². The maximum atomic E-state index is 12.7. The maximum Gasteiger partial charge on any atom is 0.323 e. The van der Waals surface area contributed by atoms with Crippen LogP contribution in [0.25, 0.3) is 0 Å². The average Bonchev–Trinajstić information content (AvgIpc) is 3.24. The van der Waals surface area contributed by atoms with Gasteiger partial charge in [-0.15, -0.1) is 10.2 Å². The van der Waals surface area contributed by atoms with E-state index in [1.807, 2.05) is 0 Å². The Balaban J connectivity index is 1.43. The Kier molecular flexibility index (Phi) is 7.53. The third kappa shape index (κ3) is 6.98. The van der Waals surface area contributed by atoms with Crippen molar-refractivity contribution in [2.24, 2.45) is 23.2 Å². The summed E-state index contributed by atoms with van der Waals surface area (Å²) in [6.45, 7) is 7.98. The summed E-state index contributed by atoms with van der Waals surface area (Å²) in [4.78, 5) is 24.7. The number of rotatable bonds is 8. The zero-order chi connectivity index (χ0) is 23.4. The molecule has 9 nitrogen and oxygen atoms in total. The summed E-state index contributed by atoms with van der Waals surface area (Å²) in [6, 6.07) is -1.41. The van der Waals surface area contributed by atoms with Crippen LogP contribution in [0.4, 0.5) is 0 Å². The fraction of sp³-hybridized carbons (Fsp3) is 0.864. The first kappa shape index (κ1) is 22.2. The highest BCUT2D eigenvalue weighted by Crippen LogP contribution is 2.40. The lowest BCUT2D eigenvalue weighted by molar-refractivity contribution is -0.159. The van der Waals surface area contributed by atoms with Crippen LogP contribution in [0.2, 0.25) is 0 Å². The van der Waals surface area contributed by atoms with Crippen molar-refractivity contribution in [3.8, 4) is 0 Å². The van der Waals surface area contributed by atoms with Gasteiger partial charge in [-0.05, 0) is 77.7 Å². The zero-order valence-corrected chi connectivity index (χ0v) is 19.1. The quantitative estimate of drug-likeness (QED) is 0.597. The molecule has 1 aromatic heterocycles. The third-order valence-electron chi connectivity index (χ3n) is 6.38. The van der Waals surface area contributed by atoms with Crippen LogP contribution in [0.15, 0.2) is 0 Å². The number of tetrazole rings is 1. The molecule has 9 heteroatoms. The van der Waals surface area contributed by atoms with Gasteiger partial charge in [0.05, 0.1) is 13.4 Å². The van der Waals surface area contributed by atoms with Crippen LogP contribution >= 0.6 is 0 Å². The molecule has 1 saturated carbocycles. The molecule has 2 aliphatic rings. The first-order valence-corrected chi connectivity index (χ1v) is 11.4. The summed E-state index contributed by atoms with van der Waals surface area (Å²) in [6.07, 6.45) is 5.59. The molecule has 2 heterocycles. The van der Waals surface area contributed by atoms with Crippen molar-refractivity contribution in [2.45, 2.75) is 84.8 Å². The van der Waals surface area contributed by atoms with Crippen molar-refractivity contribution in [1.29, 1.82) is 0 Å². The fourth-order valence-corrected chi connectivity index (χ4v) is 4.39. The monoisotopic (exact) mass is 436 g/mol. The summed E-state index contributed by atoms with van der Waals surface area (Å²) in [5, 5.41) is 17.3. The first-order chi connectivity index (χ1) is 15.1. The predicted octanol–water partition coefficient (Wildman–Crippen LogP) is 2.44. The van der Waals surface area contributed by atoms with Crippen LogP contribution in [-0.2, 0) is 25.5 Å². The molecule has 0 amide bonds. The number of carbonyl (C=O) groups excluding carboxylic acids is 2. The molecule has 2 N–H and O–H groups in total. The summed E-state index contributed by atoms with van der Waals surface area (Å²) < 4.78 is 19.5. The predicted molar refractivity (Wildman–Crippen MR) is 114 cm³/mol. The van der Waals surface area contributed by atoms with Gasteiger partial charge in [0.2, 0.25) is 0 Å². The number of fused-ring (bicyclic) bond motifs is 1. The largest absolute Gasteiger partial charge is 0.464 e. The topological polar surface area (TPSA) is 119 Å². The molecule has 5 atom stereocenters. The number of esters is 2. The number of carbonyl (C=O) groups is 2. The Morgan fingerprint density at radius 2 is 2.06 bits per heavy atom. The van der Waals surface area contributed by atoms with Gasteiger partial charge in [-0.2, -0.15) is 5.21 Å². The van der Waals surface area contributed by atoms with Crippen molar-refractivity contribution in [2.75, 3.05) is 13.2 Å². The second-order valence-electron chi connectivity index (χ2n) is 10.0. The van der Waals surface area contributed by atoms with Gasteiger partial charge in [-0.3, -0.25) is 9.59 Å². The summed E-state index contributed by atoms with van der Waals surface area (Å²) in [7, 11) is 0. The van der Waals surface area contributed by atoms with Crippen LogP contribution < -0.4 is 5.32 Å². The van der Waals surface area contributed by atoms with Gasteiger partial charge < -0.3 is 14.8 Å². The number of piperidine rings is 1. The number of aromatic nitrogens is 4. The Morgan fingerprint density at radius 3 is 2.77 bits per heavy atom. The van der Waals surface area contributed by atoms with Crippen LogP contribution in [0.1, 0.15) is 73.4 Å². The van der Waals surface area contributed by atoms with E-state index in [0.717, 1.165) is 37.9 Å². The molecule has 1 aromatic rings. The van der Waals surface area contributed by atoms with E-state index in [1.165, 1.54) is 0 Å². The molecule has 0 unspecified atom stereocenters. The minimum atomic E-state index is -1.41. The minimum Gasteiger partial charge on any atom is -0.464 e. The Hall–Kier alpha value is -2.03. The van der Waals surface area contributed by atoms with Crippen LogP contribution in [0, 0.1) is 23.2 Å². The van der Waals surface area contributed by atoms with E-state index in [4.69, 9.17) is 10.8 Å². The highest BCUT2D eigenvalue weighted by Gasteiger charge is 2.38. The summed E-state index contributed by atoms with van der Waals surface area (Å²) >= 11 is 0. The van der Waals surface area contributed by atoms with E-state index in [9.17, 15) is 9.59 Å². The van der Waals surface area contributed by atoms with Crippen molar-refractivity contribution < 1.29 is 20.4 Å². The molecule has 31 heavy (non-hydrogen) atoms. The second kappa shape index (κ2) is 10.5. The molecular formula is C22H37N5O4. The number of nitrogens with one attached hydrogen (secondary N) is 2. The molecule has 1 aliphatic carbocycles. The van der Waals surface area contributed by atoms with Crippen molar-refractivity contribution in [3.05, 3.63) is 5.82 Å². The van der Waals surface area contributed by atoms with E-state index in [2.05, 4.69) is 25.9 Å². The lowest BCUT2D eigenvalue weighted by atomic mass is 9.69. The van der Waals surface area contributed by atoms with Gasteiger partial charge in [-0.25, -0.2) is 0 Å². The van der Waals surface area contributed by atoms with Gasteiger partial charge in [0.1, 0.15) is 12.1 Å². The second-order valence-corrected chi connectivity index (χ2v) is 10.0. The Morgan fingerprint density at radius 1 is 1.26 bits per heavy atom. The van der Waals surface area contributed by atoms with E-state index >= 15 is 0 Å². The lowest BCUT2D eigenvalue weighted by Crippen LogP contribution is -2.50. The summed E-state index contributed by atoms with van der Waals surface area (Å²) in [5.74, 6) is 1.29. The van der Waals surface area contributed by atoms with Crippen LogP contribution in [-0.4, -0.2) is 57.8 Å². The van der Waals surface area contributed by atoms with E-state index in [0.29, 0.717) is 37.1 Å². The number of nitrogens with zero attached hydrogens (tertiary/aromatic N) is 3. The van der Waals surface area contributed by atoms with Crippen molar-refractivity contribution in [1.82, 2.24) is 25.9 Å². The maximum absolute atomic E-state index is 12.7. The number of hydrogen-bond donors (Lipinski definition) is 2. The molecule has 2 fully saturated rings. The van der Waals surface area contributed by atoms with E-state index < -0.39 is 17.4 Å².